The number of urea groups is 1. The van der Waals surface area contributed by atoms with Gasteiger partial charge in [0.25, 0.3) is 10.0 Å². The molecule has 3 rings (SSSR count). The van der Waals surface area contributed by atoms with Crippen molar-refractivity contribution in [1.82, 2.24) is 10.6 Å². The Bertz CT molecular complexity index is 1020. The monoisotopic (exact) mass is 422 g/mol. The number of hydrogen-bond acceptors (Lipinski definition) is 5. The van der Waals surface area contributed by atoms with Crippen LogP contribution in [0.4, 0.5) is 10.5 Å². The van der Waals surface area contributed by atoms with E-state index >= 15 is 0 Å². The van der Waals surface area contributed by atoms with Crippen LogP contribution in [0.5, 0.6) is 5.75 Å². The van der Waals surface area contributed by atoms with Crippen LogP contribution in [0.25, 0.3) is 0 Å². The number of para-hydroxylation sites is 1. The number of ether oxygens (including phenoxy) is 1. The van der Waals surface area contributed by atoms with Gasteiger partial charge in [0.2, 0.25) is 0 Å². The summed E-state index contributed by atoms with van der Waals surface area (Å²) in [6.07, 6.45) is 0. The third-order valence-electron chi connectivity index (χ3n) is 3.87. The largest absolute Gasteiger partial charge is 0.491 e. The summed E-state index contributed by atoms with van der Waals surface area (Å²) < 4.78 is 33.5. The lowest BCUT2D eigenvalue weighted by Gasteiger charge is -2.18. The van der Waals surface area contributed by atoms with Crippen molar-refractivity contribution < 1.29 is 17.9 Å². The number of amidine groups is 1. The molecule has 0 unspecified atom stereocenters. The highest BCUT2D eigenvalue weighted by atomic mass is 35.5. The molecular weight excluding hydrogens is 404 g/mol. The van der Waals surface area contributed by atoms with Crippen LogP contribution in [0.2, 0.25) is 5.02 Å². The Morgan fingerprint density at radius 1 is 1.21 bits per heavy atom. The molecule has 1 aliphatic heterocycles. The van der Waals surface area contributed by atoms with Gasteiger partial charge in [-0.15, -0.1) is 4.40 Å². The molecule has 2 amide bonds. The number of hydrogen-bond donors (Lipinski definition) is 3. The lowest BCUT2D eigenvalue weighted by Crippen LogP contribution is -2.42. The molecule has 0 saturated heterocycles. The van der Waals surface area contributed by atoms with Crippen LogP contribution in [0.15, 0.2) is 51.8 Å². The van der Waals surface area contributed by atoms with E-state index in [1.165, 1.54) is 6.07 Å². The number of sulfonamides is 1. The zero-order valence-electron chi connectivity index (χ0n) is 15.0. The molecule has 2 aromatic carbocycles. The lowest BCUT2D eigenvalue weighted by molar-refractivity contribution is 0.237. The molecule has 1 aliphatic rings. The van der Waals surface area contributed by atoms with Crippen LogP contribution in [-0.4, -0.2) is 40.0 Å². The Morgan fingerprint density at radius 2 is 2.00 bits per heavy atom. The van der Waals surface area contributed by atoms with E-state index in [0.29, 0.717) is 16.5 Å². The molecule has 0 aromatic heterocycles. The van der Waals surface area contributed by atoms with Gasteiger partial charge in [-0.05, 0) is 42.8 Å². The topological polar surface area (TPSA) is 109 Å². The fraction of sp³-hybridized carbons (Fsp3) is 0.222. The van der Waals surface area contributed by atoms with Crippen molar-refractivity contribution >= 4 is 39.2 Å². The van der Waals surface area contributed by atoms with Gasteiger partial charge in [-0.25, -0.2) is 4.79 Å². The maximum atomic E-state index is 12.1. The van der Waals surface area contributed by atoms with Gasteiger partial charge in [0.1, 0.15) is 23.1 Å². The summed E-state index contributed by atoms with van der Waals surface area (Å²) in [5.74, 6) is 0.832. The number of amides is 2. The lowest BCUT2D eigenvalue weighted by atomic mass is 10.2. The number of nitrogens with one attached hydrogen (secondary N) is 3. The molecular formula is C18H19ClN4O4S. The normalized spacial score (nSPS) is 14.3. The first-order valence-electron chi connectivity index (χ1n) is 8.46. The van der Waals surface area contributed by atoms with E-state index in [4.69, 9.17) is 16.3 Å². The summed E-state index contributed by atoms with van der Waals surface area (Å²) in [6.45, 7) is 2.37. The summed E-state index contributed by atoms with van der Waals surface area (Å²) in [4.78, 5) is 12.0. The van der Waals surface area contributed by atoms with Crippen molar-refractivity contribution in [3.8, 4) is 5.75 Å². The highest BCUT2D eigenvalue weighted by Crippen LogP contribution is 2.26. The van der Waals surface area contributed by atoms with Crippen LogP contribution >= 0.6 is 11.6 Å². The predicted molar refractivity (Wildman–Crippen MR) is 108 cm³/mol. The number of carbonyl (C=O) groups is 1. The van der Waals surface area contributed by atoms with Gasteiger partial charge >= 0.3 is 6.03 Å². The Labute approximate surface area is 168 Å². The van der Waals surface area contributed by atoms with Crippen LogP contribution in [0, 0.1) is 6.92 Å². The maximum Gasteiger partial charge on any atom is 0.315 e. The van der Waals surface area contributed by atoms with Gasteiger partial charge in [0, 0.05) is 5.02 Å². The first kappa shape index (κ1) is 20.0. The first-order valence-corrected chi connectivity index (χ1v) is 10.3. The highest BCUT2D eigenvalue weighted by Gasteiger charge is 2.24. The van der Waals surface area contributed by atoms with Gasteiger partial charge < -0.3 is 20.7 Å². The average molecular weight is 423 g/mol. The fourth-order valence-electron chi connectivity index (χ4n) is 2.57. The van der Waals surface area contributed by atoms with Crippen LogP contribution in [-0.2, 0) is 10.0 Å². The van der Waals surface area contributed by atoms with E-state index in [0.717, 1.165) is 5.56 Å². The quantitative estimate of drug-likeness (QED) is 0.620. The van der Waals surface area contributed by atoms with Crippen molar-refractivity contribution in [2.24, 2.45) is 4.40 Å². The smallest absolute Gasteiger partial charge is 0.315 e. The number of carbonyl (C=O) groups excluding carboxylic acids is 1. The zero-order chi connectivity index (χ0) is 20.1. The second-order valence-corrected chi connectivity index (χ2v) is 8.01. The number of nitrogens with zero attached hydrogens (tertiary/aromatic N) is 1. The van der Waals surface area contributed by atoms with Gasteiger partial charge in [-0.3, -0.25) is 0 Å². The van der Waals surface area contributed by atoms with Gasteiger partial charge in [0.05, 0.1) is 18.8 Å². The third kappa shape index (κ3) is 4.93. The van der Waals surface area contributed by atoms with E-state index in [2.05, 4.69) is 20.3 Å². The van der Waals surface area contributed by atoms with Crippen molar-refractivity contribution in [3.05, 3.63) is 53.1 Å². The molecule has 0 spiro atoms. The van der Waals surface area contributed by atoms with Crippen molar-refractivity contribution in [3.63, 3.8) is 0 Å². The fourth-order valence-corrected chi connectivity index (χ4v) is 3.94. The minimum Gasteiger partial charge on any atom is -0.491 e. The first-order chi connectivity index (χ1) is 13.3. The van der Waals surface area contributed by atoms with Gasteiger partial charge in [-0.1, -0.05) is 23.7 Å². The molecule has 148 valence electrons. The van der Waals surface area contributed by atoms with Crippen molar-refractivity contribution in [2.75, 3.05) is 25.0 Å². The molecule has 0 saturated carbocycles. The standard InChI is InChI=1S/C18H19ClN4O4S/c1-12-10-13(19)6-7-15(12)27-9-8-20-18(24)21-11-17-22-14-4-2-3-5-16(14)28(25,26)23-17/h2-7,10H,8-9,11H2,1H3,(H,22,23)(H2,20,21,24). The SMILES string of the molecule is Cc1cc(Cl)ccc1OCCNC(=O)NCC1=NS(=O)(=O)c2ccccc2N1. The molecule has 1 heterocycles. The van der Waals surface area contributed by atoms with Crippen LogP contribution < -0.4 is 20.7 Å². The van der Waals surface area contributed by atoms with Crippen molar-refractivity contribution in [2.45, 2.75) is 11.8 Å². The maximum absolute atomic E-state index is 12.1. The molecule has 2 aromatic rings. The molecule has 0 radical (unpaired) electrons. The Balaban J connectivity index is 1.44. The Kier molecular flexibility index (Phi) is 6.05. The number of fused-ring (bicyclic) bond motifs is 1. The van der Waals surface area contributed by atoms with Crippen LogP contribution in [0.1, 0.15) is 5.56 Å². The van der Waals surface area contributed by atoms with E-state index in [1.54, 1.807) is 36.4 Å². The number of aryl methyl sites for hydroxylation is 1. The molecule has 3 N–H and O–H groups in total. The second-order valence-electron chi connectivity index (χ2n) is 6.00. The van der Waals surface area contributed by atoms with E-state index in [1.807, 2.05) is 6.92 Å². The predicted octanol–water partition coefficient (Wildman–Crippen LogP) is 2.54. The molecule has 0 bridgehead atoms. The van der Waals surface area contributed by atoms with E-state index < -0.39 is 16.1 Å². The van der Waals surface area contributed by atoms with Crippen LogP contribution in [0.3, 0.4) is 0 Å². The summed E-state index contributed by atoms with van der Waals surface area (Å²) in [7, 11) is -3.77. The Morgan fingerprint density at radius 3 is 2.79 bits per heavy atom. The second kappa shape index (κ2) is 8.49. The Hall–Kier alpha value is -2.78. The van der Waals surface area contributed by atoms with E-state index in [-0.39, 0.29) is 30.4 Å². The average Bonchev–Trinajstić information content (AvgIpc) is 2.64. The number of anilines is 1. The molecule has 28 heavy (non-hydrogen) atoms. The number of rotatable bonds is 6. The number of benzene rings is 2. The number of halogens is 1. The minimum atomic E-state index is -3.77. The van der Waals surface area contributed by atoms with Gasteiger partial charge in [0.15, 0.2) is 0 Å². The molecule has 0 fully saturated rings. The summed E-state index contributed by atoms with van der Waals surface area (Å²) >= 11 is 5.89. The third-order valence-corrected chi connectivity index (χ3v) is 5.48. The van der Waals surface area contributed by atoms with E-state index in [9.17, 15) is 13.2 Å². The summed E-state index contributed by atoms with van der Waals surface area (Å²) in [5, 5.41) is 8.72. The summed E-state index contributed by atoms with van der Waals surface area (Å²) in [6, 6.07) is 11.3. The molecule has 0 aliphatic carbocycles. The highest BCUT2D eigenvalue weighted by molar-refractivity contribution is 7.90. The molecule has 10 heteroatoms. The van der Waals surface area contributed by atoms with Gasteiger partial charge in [-0.2, -0.15) is 8.42 Å². The van der Waals surface area contributed by atoms with Crippen molar-refractivity contribution in [1.29, 1.82) is 0 Å². The molecule has 8 nitrogen and oxygen atoms in total. The molecule has 0 atom stereocenters. The summed E-state index contributed by atoms with van der Waals surface area (Å²) in [5.41, 5.74) is 1.33. The minimum absolute atomic E-state index is 0.0590. The zero-order valence-corrected chi connectivity index (χ0v) is 16.6.